The third-order valence-electron chi connectivity index (χ3n) is 10.9. The van der Waals surface area contributed by atoms with E-state index in [0.29, 0.717) is 5.56 Å². The number of hydrogen-bond acceptors (Lipinski definition) is 4. The molecule has 0 spiro atoms. The number of carbonyl (C=O) groups is 1. The molecular formula is C59H45N3O. The fourth-order valence-corrected chi connectivity index (χ4v) is 7.67. The van der Waals surface area contributed by atoms with Gasteiger partial charge in [-0.05, 0) is 144 Å². The van der Waals surface area contributed by atoms with Gasteiger partial charge in [-0.15, -0.1) is 0 Å². The summed E-state index contributed by atoms with van der Waals surface area (Å²) in [4.78, 5) is 18.3. The van der Waals surface area contributed by atoms with Crippen LogP contribution in [0, 0.1) is 0 Å². The number of nitrogens with zero attached hydrogens (tertiary/aromatic N) is 3. The van der Waals surface area contributed by atoms with Gasteiger partial charge in [0, 0.05) is 56.7 Å². The van der Waals surface area contributed by atoms with Crippen molar-refractivity contribution in [3.05, 3.63) is 270 Å². The van der Waals surface area contributed by atoms with Gasteiger partial charge in [0.25, 0.3) is 0 Å². The molecule has 302 valence electrons. The van der Waals surface area contributed by atoms with Gasteiger partial charge in [0.1, 0.15) is 6.29 Å². The van der Waals surface area contributed by atoms with Crippen molar-refractivity contribution in [1.29, 1.82) is 0 Å². The highest BCUT2D eigenvalue weighted by Crippen LogP contribution is 2.37. The summed E-state index contributed by atoms with van der Waals surface area (Å²) in [5, 5.41) is 0. The molecule has 0 aliphatic heterocycles. The zero-order chi connectivity index (χ0) is 42.6. The minimum Gasteiger partial charge on any atom is -0.311 e. The summed E-state index contributed by atoms with van der Waals surface area (Å²) >= 11 is 0. The fraction of sp³-hybridized carbons (Fsp3) is 0. The lowest BCUT2D eigenvalue weighted by molar-refractivity contribution is 0.112. The molecule has 0 N–H and O–H groups in total. The van der Waals surface area contributed by atoms with Crippen LogP contribution in [0.25, 0.3) is 24.3 Å². The normalized spacial score (nSPS) is 11.1. The molecule has 0 atom stereocenters. The molecule has 0 aliphatic carbocycles. The van der Waals surface area contributed by atoms with E-state index in [4.69, 9.17) is 0 Å². The van der Waals surface area contributed by atoms with Gasteiger partial charge in [-0.2, -0.15) is 0 Å². The Kier molecular flexibility index (Phi) is 12.2. The number of aldehydes is 1. The van der Waals surface area contributed by atoms with Crippen LogP contribution in [0.3, 0.4) is 0 Å². The molecule has 9 aromatic carbocycles. The lowest BCUT2D eigenvalue weighted by Gasteiger charge is -2.26. The molecule has 0 saturated carbocycles. The molecule has 4 nitrogen and oxygen atoms in total. The van der Waals surface area contributed by atoms with Crippen molar-refractivity contribution in [3.8, 4) is 0 Å². The monoisotopic (exact) mass is 811 g/mol. The van der Waals surface area contributed by atoms with Crippen molar-refractivity contribution in [2.45, 2.75) is 0 Å². The maximum absolute atomic E-state index is 11.5. The Morgan fingerprint density at radius 3 is 0.571 bits per heavy atom. The van der Waals surface area contributed by atoms with Gasteiger partial charge >= 0.3 is 0 Å². The second-order valence-electron chi connectivity index (χ2n) is 15.1. The van der Waals surface area contributed by atoms with Crippen LogP contribution in [0.4, 0.5) is 51.2 Å². The number of carbonyl (C=O) groups excluding carboxylic acids is 1. The van der Waals surface area contributed by atoms with E-state index in [2.05, 4.69) is 233 Å². The number of rotatable bonds is 14. The van der Waals surface area contributed by atoms with E-state index in [-0.39, 0.29) is 0 Å². The molecule has 63 heavy (non-hydrogen) atoms. The summed E-state index contributed by atoms with van der Waals surface area (Å²) in [6.45, 7) is 0. The Balaban J connectivity index is 0.913. The highest BCUT2D eigenvalue weighted by atomic mass is 16.1. The highest BCUT2D eigenvalue weighted by molar-refractivity contribution is 5.83. The highest BCUT2D eigenvalue weighted by Gasteiger charge is 2.15. The van der Waals surface area contributed by atoms with E-state index < -0.39 is 0 Å². The predicted octanol–water partition coefficient (Wildman–Crippen LogP) is 16.2. The molecule has 0 bridgehead atoms. The average Bonchev–Trinajstić information content (AvgIpc) is 3.36. The number of para-hydroxylation sites is 4. The van der Waals surface area contributed by atoms with E-state index >= 15 is 0 Å². The SMILES string of the molecule is O=Cc1ccc(N(c2ccc(/C=C/c3ccc(N(c4ccccc4)c4ccccc4)cc3)cc2)c2ccc(/C=C/c3ccc(N(c4ccccc4)c4ccccc4)cc3)cc2)cc1. The van der Waals surface area contributed by atoms with Crippen molar-refractivity contribution >= 4 is 81.8 Å². The lowest BCUT2D eigenvalue weighted by atomic mass is 10.1. The molecule has 4 heteroatoms. The minimum atomic E-state index is 0.640. The Morgan fingerprint density at radius 1 is 0.206 bits per heavy atom. The van der Waals surface area contributed by atoms with Crippen LogP contribution in [-0.2, 0) is 0 Å². The smallest absolute Gasteiger partial charge is 0.150 e. The number of benzene rings is 9. The van der Waals surface area contributed by atoms with Gasteiger partial charge in [0.2, 0.25) is 0 Å². The van der Waals surface area contributed by atoms with Crippen molar-refractivity contribution in [3.63, 3.8) is 0 Å². The summed E-state index contributed by atoms with van der Waals surface area (Å²) in [5.41, 5.74) is 14.7. The molecule has 9 aromatic rings. The van der Waals surface area contributed by atoms with Crippen LogP contribution in [0.15, 0.2) is 243 Å². The summed E-state index contributed by atoms with van der Waals surface area (Å²) < 4.78 is 0. The predicted molar refractivity (Wildman–Crippen MR) is 267 cm³/mol. The summed E-state index contributed by atoms with van der Waals surface area (Å²) in [7, 11) is 0. The number of anilines is 9. The van der Waals surface area contributed by atoms with E-state index in [1.807, 2.05) is 48.5 Å². The second-order valence-corrected chi connectivity index (χ2v) is 15.1. The molecule has 0 heterocycles. The Bertz CT molecular complexity index is 2640. The zero-order valence-corrected chi connectivity index (χ0v) is 34.7. The molecule has 0 fully saturated rings. The van der Waals surface area contributed by atoms with Crippen LogP contribution < -0.4 is 14.7 Å². The number of hydrogen-bond donors (Lipinski definition) is 0. The summed E-state index contributed by atoms with van der Waals surface area (Å²) in [6, 6.07) is 83.9. The molecule has 0 saturated heterocycles. The van der Waals surface area contributed by atoms with Crippen molar-refractivity contribution in [2.75, 3.05) is 14.7 Å². The van der Waals surface area contributed by atoms with E-state index in [0.717, 1.165) is 79.7 Å². The van der Waals surface area contributed by atoms with Crippen molar-refractivity contribution < 1.29 is 4.79 Å². The van der Waals surface area contributed by atoms with Crippen LogP contribution >= 0.6 is 0 Å². The first-order valence-electron chi connectivity index (χ1n) is 21.1. The van der Waals surface area contributed by atoms with Crippen LogP contribution in [0.1, 0.15) is 32.6 Å². The third kappa shape index (κ3) is 9.62. The molecule has 0 radical (unpaired) electrons. The van der Waals surface area contributed by atoms with Gasteiger partial charge in [0.15, 0.2) is 0 Å². The minimum absolute atomic E-state index is 0.640. The second kappa shape index (κ2) is 19.3. The maximum atomic E-state index is 11.5. The van der Waals surface area contributed by atoms with E-state index in [1.54, 1.807) is 0 Å². The van der Waals surface area contributed by atoms with Crippen LogP contribution in [0.5, 0.6) is 0 Å². The van der Waals surface area contributed by atoms with Crippen LogP contribution in [-0.4, -0.2) is 6.29 Å². The maximum Gasteiger partial charge on any atom is 0.150 e. The molecular weight excluding hydrogens is 767 g/mol. The Labute approximate surface area is 370 Å². The van der Waals surface area contributed by atoms with Gasteiger partial charge in [-0.1, -0.05) is 146 Å². The molecule has 9 rings (SSSR count). The molecule has 0 unspecified atom stereocenters. The topological polar surface area (TPSA) is 26.8 Å². The van der Waals surface area contributed by atoms with Gasteiger partial charge in [-0.25, -0.2) is 0 Å². The molecule has 0 aromatic heterocycles. The summed E-state index contributed by atoms with van der Waals surface area (Å²) in [5.74, 6) is 0. The van der Waals surface area contributed by atoms with E-state index in [9.17, 15) is 4.79 Å². The Hall–Kier alpha value is -8.47. The van der Waals surface area contributed by atoms with Gasteiger partial charge < -0.3 is 14.7 Å². The fourth-order valence-electron chi connectivity index (χ4n) is 7.67. The standard InChI is InChI=1S/C59H45N3O/c63-45-50-33-43-59(44-34-50)62(57-39-29-48(30-40-57)23-21-46-25-35-55(36-26-46)60(51-13-5-1-6-14-51)52-15-7-2-8-16-52)58-41-31-49(32-42-58)24-22-47-27-37-56(38-28-47)61(53-17-9-3-10-18-53)54-19-11-4-12-20-54/h1-45H/b23-21+,24-22+. The zero-order valence-electron chi connectivity index (χ0n) is 34.7. The first-order valence-corrected chi connectivity index (χ1v) is 21.1. The summed E-state index contributed by atoms with van der Waals surface area (Å²) in [6.07, 6.45) is 9.46. The quantitative estimate of drug-likeness (QED) is 0.0807. The molecule has 0 aliphatic rings. The van der Waals surface area contributed by atoms with Crippen molar-refractivity contribution in [2.24, 2.45) is 0 Å². The first-order chi connectivity index (χ1) is 31.2. The average molecular weight is 812 g/mol. The van der Waals surface area contributed by atoms with Crippen molar-refractivity contribution in [1.82, 2.24) is 0 Å². The molecule has 0 amide bonds. The van der Waals surface area contributed by atoms with E-state index in [1.165, 1.54) is 0 Å². The largest absolute Gasteiger partial charge is 0.311 e. The van der Waals surface area contributed by atoms with Gasteiger partial charge in [0.05, 0.1) is 0 Å². The van der Waals surface area contributed by atoms with Gasteiger partial charge in [-0.3, -0.25) is 4.79 Å². The van der Waals surface area contributed by atoms with Crippen LogP contribution in [0.2, 0.25) is 0 Å². The third-order valence-corrected chi connectivity index (χ3v) is 10.9. The Morgan fingerprint density at radius 2 is 0.381 bits per heavy atom. The lowest BCUT2D eigenvalue weighted by Crippen LogP contribution is -2.10. The first kappa shape index (κ1) is 40.0.